The summed E-state index contributed by atoms with van der Waals surface area (Å²) < 4.78 is 0. The van der Waals surface area contributed by atoms with Gasteiger partial charge in [-0.05, 0) is 31.2 Å². The zero-order valence-corrected chi connectivity index (χ0v) is 12.2. The SMILES string of the molecule is CCCCC1NC(c2ccccc2)N(C2CCC2)C1=O. The molecule has 108 valence electrons. The van der Waals surface area contributed by atoms with Gasteiger partial charge in [-0.25, -0.2) is 0 Å². The van der Waals surface area contributed by atoms with Crippen molar-refractivity contribution in [3.63, 3.8) is 0 Å². The van der Waals surface area contributed by atoms with E-state index in [1.165, 1.54) is 12.0 Å². The average molecular weight is 272 g/mol. The second kappa shape index (κ2) is 5.96. The number of unbranched alkanes of at least 4 members (excludes halogenated alkanes) is 1. The van der Waals surface area contributed by atoms with Crippen LogP contribution in [0, 0.1) is 0 Å². The van der Waals surface area contributed by atoms with Crippen LogP contribution >= 0.6 is 0 Å². The van der Waals surface area contributed by atoms with Crippen LogP contribution in [-0.4, -0.2) is 22.9 Å². The van der Waals surface area contributed by atoms with Gasteiger partial charge in [0, 0.05) is 6.04 Å². The van der Waals surface area contributed by atoms with Gasteiger partial charge in [-0.2, -0.15) is 0 Å². The van der Waals surface area contributed by atoms with Crippen LogP contribution in [0.1, 0.15) is 57.2 Å². The molecule has 3 nitrogen and oxygen atoms in total. The second-order valence-electron chi connectivity index (χ2n) is 6.00. The number of carbonyl (C=O) groups is 1. The van der Waals surface area contributed by atoms with Crippen LogP contribution in [0.15, 0.2) is 30.3 Å². The molecule has 1 aromatic rings. The topological polar surface area (TPSA) is 32.3 Å². The number of amides is 1. The van der Waals surface area contributed by atoms with Crippen LogP contribution in [-0.2, 0) is 4.79 Å². The number of nitrogens with zero attached hydrogens (tertiary/aromatic N) is 1. The molecule has 20 heavy (non-hydrogen) atoms. The highest BCUT2D eigenvalue weighted by Gasteiger charge is 2.44. The Labute approximate surface area is 121 Å². The Hall–Kier alpha value is -1.35. The minimum atomic E-state index is 0.0146. The molecule has 1 heterocycles. The Balaban J connectivity index is 1.81. The molecular formula is C17H24N2O. The van der Waals surface area contributed by atoms with E-state index < -0.39 is 0 Å². The molecule has 1 saturated heterocycles. The lowest BCUT2D eigenvalue weighted by Crippen LogP contribution is -2.44. The quantitative estimate of drug-likeness (QED) is 0.892. The van der Waals surface area contributed by atoms with E-state index in [1.807, 2.05) is 6.07 Å². The van der Waals surface area contributed by atoms with Crippen molar-refractivity contribution in [2.24, 2.45) is 0 Å². The van der Waals surface area contributed by atoms with Crippen LogP contribution in [0.4, 0.5) is 0 Å². The third kappa shape index (κ3) is 2.47. The summed E-state index contributed by atoms with van der Waals surface area (Å²) in [7, 11) is 0. The van der Waals surface area contributed by atoms with Gasteiger partial charge in [0.25, 0.3) is 0 Å². The van der Waals surface area contributed by atoms with E-state index in [0.717, 1.165) is 32.1 Å². The average Bonchev–Trinajstić information content (AvgIpc) is 2.74. The normalized spacial score (nSPS) is 26.9. The summed E-state index contributed by atoms with van der Waals surface area (Å²) in [6.07, 6.45) is 6.89. The van der Waals surface area contributed by atoms with Gasteiger partial charge < -0.3 is 4.90 Å². The molecule has 0 radical (unpaired) electrons. The van der Waals surface area contributed by atoms with Crippen LogP contribution < -0.4 is 5.32 Å². The molecule has 1 aliphatic heterocycles. The van der Waals surface area contributed by atoms with Crippen molar-refractivity contribution in [2.75, 3.05) is 0 Å². The van der Waals surface area contributed by atoms with E-state index >= 15 is 0 Å². The standard InChI is InChI=1S/C17H24N2O/c1-2-3-12-15-17(20)19(14-10-7-11-14)16(18-15)13-8-5-4-6-9-13/h4-6,8-9,14-16,18H,2-3,7,10-12H2,1H3. The lowest BCUT2D eigenvalue weighted by molar-refractivity contribution is -0.134. The van der Waals surface area contributed by atoms with Gasteiger partial charge in [0.05, 0.1) is 6.04 Å². The van der Waals surface area contributed by atoms with Gasteiger partial charge in [0.2, 0.25) is 5.91 Å². The third-order valence-electron chi connectivity index (χ3n) is 4.62. The molecule has 2 unspecified atom stereocenters. The summed E-state index contributed by atoms with van der Waals surface area (Å²) in [5.74, 6) is 0.317. The van der Waals surface area contributed by atoms with Crippen molar-refractivity contribution in [1.82, 2.24) is 10.2 Å². The first-order chi connectivity index (χ1) is 9.81. The highest BCUT2D eigenvalue weighted by atomic mass is 16.2. The van der Waals surface area contributed by atoms with Gasteiger partial charge in [0.15, 0.2) is 0 Å². The predicted octanol–water partition coefficient (Wildman–Crippen LogP) is 3.23. The van der Waals surface area contributed by atoms with E-state index in [4.69, 9.17) is 0 Å². The molecule has 1 N–H and O–H groups in total. The fraction of sp³-hybridized carbons (Fsp3) is 0.588. The molecule has 2 atom stereocenters. The Bertz CT molecular complexity index is 455. The minimum absolute atomic E-state index is 0.0146. The van der Waals surface area contributed by atoms with E-state index in [2.05, 4.69) is 41.4 Å². The highest BCUT2D eigenvalue weighted by molar-refractivity contribution is 5.85. The van der Waals surface area contributed by atoms with Crippen LogP contribution in [0.25, 0.3) is 0 Å². The lowest BCUT2D eigenvalue weighted by Gasteiger charge is -2.38. The number of rotatable bonds is 5. The van der Waals surface area contributed by atoms with Gasteiger partial charge in [-0.15, -0.1) is 0 Å². The van der Waals surface area contributed by atoms with E-state index in [1.54, 1.807) is 0 Å². The third-order valence-corrected chi connectivity index (χ3v) is 4.62. The fourth-order valence-electron chi connectivity index (χ4n) is 3.21. The molecule has 0 bridgehead atoms. The maximum absolute atomic E-state index is 12.7. The fourth-order valence-corrected chi connectivity index (χ4v) is 3.21. The summed E-state index contributed by atoms with van der Waals surface area (Å²) >= 11 is 0. The Kier molecular flexibility index (Phi) is 4.06. The molecular weight excluding hydrogens is 248 g/mol. The highest BCUT2D eigenvalue weighted by Crippen LogP contribution is 2.36. The molecule has 2 aliphatic rings. The van der Waals surface area contributed by atoms with Crippen molar-refractivity contribution >= 4 is 5.91 Å². The van der Waals surface area contributed by atoms with E-state index in [9.17, 15) is 4.79 Å². The zero-order valence-electron chi connectivity index (χ0n) is 12.2. The van der Waals surface area contributed by atoms with E-state index in [0.29, 0.717) is 11.9 Å². The summed E-state index contributed by atoms with van der Waals surface area (Å²) in [6.45, 7) is 2.18. The number of hydrogen-bond donors (Lipinski definition) is 1. The minimum Gasteiger partial charge on any atom is -0.319 e. The van der Waals surface area contributed by atoms with E-state index in [-0.39, 0.29) is 12.2 Å². The Morgan fingerprint density at radius 1 is 1.25 bits per heavy atom. The van der Waals surface area contributed by atoms with Crippen molar-refractivity contribution < 1.29 is 4.79 Å². The summed E-state index contributed by atoms with van der Waals surface area (Å²) in [6, 6.07) is 10.9. The molecule has 2 fully saturated rings. The zero-order chi connectivity index (χ0) is 13.9. The van der Waals surface area contributed by atoms with Crippen molar-refractivity contribution in [3.8, 4) is 0 Å². The summed E-state index contributed by atoms with van der Waals surface area (Å²) in [5, 5.41) is 3.57. The van der Waals surface area contributed by atoms with Crippen molar-refractivity contribution in [2.45, 2.75) is 63.7 Å². The smallest absolute Gasteiger partial charge is 0.241 e. The van der Waals surface area contributed by atoms with Crippen LogP contribution in [0.5, 0.6) is 0 Å². The Morgan fingerprint density at radius 2 is 2.00 bits per heavy atom. The number of nitrogens with one attached hydrogen (secondary N) is 1. The molecule has 0 spiro atoms. The predicted molar refractivity (Wildman–Crippen MR) is 80.1 cm³/mol. The van der Waals surface area contributed by atoms with Gasteiger partial charge in [0.1, 0.15) is 6.17 Å². The first-order valence-corrected chi connectivity index (χ1v) is 7.94. The lowest BCUT2D eigenvalue weighted by atomic mass is 9.90. The summed E-state index contributed by atoms with van der Waals surface area (Å²) in [4.78, 5) is 14.8. The molecule has 1 aromatic carbocycles. The number of benzene rings is 1. The molecule has 3 heteroatoms. The van der Waals surface area contributed by atoms with Crippen molar-refractivity contribution in [1.29, 1.82) is 0 Å². The second-order valence-corrected chi connectivity index (χ2v) is 6.00. The molecule has 1 amide bonds. The molecule has 1 saturated carbocycles. The number of carbonyl (C=O) groups excluding carboxylic acids is 1. The van der Waals surface area contributed by atoms with Crippen LogP contribution in [0.2, 0.25) is 0 Å². The van der Waals surface area contributed by atoms with Gasteiger partial charge in [-0.1, -0.05) is 50.1 Å². The summed E-state index contributed by atoms with van der Waals surface area (Å²) in [5.41, 5.74) is 1.21. The van der Waals surface area contributed by atoms with Gasteiger partial charge >= 0.3 is 0 Å². The molecule has 3 rings (SSSR count). The maximum Gasteiger partial charge on any atom is 0.241 e. The maximum atomic E-state index is 12.7. The number of hydrogen-bond acceptors (Lipinski definition) is 2. The first-order valence-electron chi connectivity index (χ1n) is 7.94. The van der Waals surface area contributed by atoms with Crippen LogP contribution in [0.3, 0.4) is 0 Å². The van der Waals surface area contributed by atoms with Gasteiger partial charge in [-0.3, -0.25) is 10.1 Å². The largest absolute Gasteiger partial charge is 0.319 e. The monoisotopic (exact) mass is 272 g/mol. The first kappa shape index (κ1) is 13.6. The molecule has 0 aromatic heterocycles. The molecule has 1 aliphatic carbocycles. The Morgan fingerprint density at radius 3 is 2.60 bits per heavy atom. The van der Waals surface area contributed by atoms with Crippen molar-refractivity contribution in [3.05, 3.63) is 35.9 Å².